The minimum absolute atomic E-state index is 0.0343. The number of rotatable bonds is 5. The molecular formula is C21H25N7O3. The predicted octanol–water partition coefficient (Wildman–Crippen LogP) is 2.28. The molecule has 2 N–H and O–H groups in total. The summed E-state index contributed by atoms with van der Waals surface area (Å²) in [5.41, 5.74) is 0.291. The van der Waals surface area contributed by atoms with Gasteiger partial charge in [-0.2, -0.15) is 10.2 Å². The first kappa shape index (κ1) is 16.5. The maximum Gasteiger partial charge on any atom is 0.257 e. The molecule has 1 saturated heterocycles. The molecule has 4 heterocycles. The van der Waals surface area contributed by atoms with Crippen molar-refractivity contribution in [3.05, 3.63) is 24.2 Å². The van der Waals surface area contributed by atoms with E-state index in [0.717, 1.165) is 4.68 Å². The first-order valence-corrected chi connectivity index (χ1v) is 10.2. The average Bonchev–Trinajstić information content (AvgIpc) is 3.47. The zero-order valence-corrected chi connectivity index (χ0v) is 17.2. The molecule has 1 aliphatic heterocycles. The summed E-state index contributed by atoms with van der Waals surface area (Å²) < 4.78 is 37.2. The SMILES string of the molecule is [2H]C([2H])([2H])n1cc(Nc2ncc3cc(C#N)n([C@H]4COC[C@@H]4C)c3n2)c(O[C@H]2CC[C@]2(C)O)n1. The highest BCUT2D eigenvalue weighted by atomic mass is 16.5. The normalized spacial score (nSPS) is 29.6. The molecule has 2 aliphatic rings. The summed E-state index contributed by atoms with van der Waals surface area (Å²) in [5.74, 6) is 0.441. The zero-order valence-electron chi connectivity index (χ0n) is 20.2. The van der Waals surface area contributed by atoms with Gasteiger partial charge in [-0.1, -0.05) is 6.92 Å². The van der Waals surface area contributed by atoms with Gasteiger partial charge in [0, 0.05) is 28.6 Å². The summed E-state index contributed by atoms with van der Waals surface area (Å²) in [6.45, 7) is 2.30. The van der Waals surface area contributed by atoms with Crippen molar-refractivity contribution in [2.45, 2.75) is 44.4 Å². The summed E-state index contributed by atoms with van der Waals surface area (Å²) in [4.78, 5) is 8.96. The van der Waals surface area contributed by atoms with Crippen molar-refractivity contribution in [3.63, 3.8) is 0 Å². The van der Waals surface area contributed by atoms with Crippen LogP contribution in [-0.4, -0.2) is 54.3 Å². The van der Waals surface area contributed by atoms with Crippen LogP contribution in [0.4, 0.5) is 11.6 Å². The highest BCUT2D eigenvalue weighted by Crippen LogP contribution is 2.37. The number of aromatic nitrogens is 5. The molecule has 31 heavy (non-hydrogen) atoms. The molecule has 1 aliphatic carbocycles. The molecule has 3 aromatic rings. The molecule has 5 rings (SSSR count). The number of nitrogens with zero attached hydrogens (tertiary/aromatic N) is 6. The number of aliphatic hydroxyl groups is 1. The van der Waals surface area contributed by atoms with E-state index >= 15 is 0 Å². The highest BCUT2D eigenvalue weighted by Gasteiger charge is 2.43. The van der Waals surface area contributed by atoms with E-state index in [0.29, 0.717) is 42.8 Å². The Kier molecular flexibility index (Phi) is 3.85. The van der Waals surface area contributed by atoms with Gasteiger partial charge in [0.1, 0.15) is 29.2 Å². The van der Waals surface area contributed by atoms with E-state index in [1.807, 2.05) is 4.57 Å². The fourth-order valence-electron chi connectivity index (χ4n) is 4.12. The Morgan fingerprint density at radius 3 is 3.00 bits per heavy atom. The van der Waals surface area contributed by atoms with Crippen molar-refractivity contribution >= 4 is 22.7 Å². The Morgan fingerprint density at radius 2 is 2.35 bits per heavy atom. The predicted molar refractivity (Wildman–Crippen MR) is 112 cm³/mol. The molecule has 2 fully saturated rings. The monoisotopic (exact) mass is 426 g/mol. The lowest BCUT2D eigenvalue weighted by Crippen LogP contribution is -2.52. The first-order chi connectivity index (χ1) is 16.1. The van der Waals surface area contributed by atoms with Crippen LogP contribution in [0.25, 0.3) is 11.0 Å². The molecule has 1 saturated carbocycles. The van der Waals surface area contributed by atoms with E-state index in [1.165, 1.54) is 6.20 Å². The molecule has 10 nitrogen and oxygen atoms in total. The van der Waals surface area contributed by atoms with Crippen molar-refractivity contribution in [1.82, 2.24) is 24.3 Å². The van der Waals surface area contributed by atoms with E-state index in [2.05, 4.69) is 33.4 Å². The van der Waals surface area contributed by atoms with Crippen LogP contribution in [0.3, 0.4) is 0 Å². The van der Waals surface area contributed by atoms with Gasteiger partial charge in [-0.25, -0.2) is 4.98 Å². The van der Waals surface area contributed by atoms with Crippen LogP contribution in [0.2, 0.25) is 0 Å². The number of nitriles is 1. The van der Waals surface area contributed by atoms with E-state index in [9.17, 15) is 10.4 Å². The Hall–Kier alpha value is -3.16. The topological polar surface area (TPSA) is 123 Å². The van der Waals surface area contributed by atoms with E-state index < -0.39 is 18.7 Å². The van der Waals surface area contributed by atoms with Crippen molar-refractivity contribution < 1.29 is 18.7 Å². The molecule has 0 spiro atoms. The standard InChI is InChI=1S/C21H25N7O3/c1-12-10-30-11-16(12)28-14(7-22)6-13-8-23-20(25-18(13)28)24-15-9-27(3)26-19(15)31-17-4-5-21(17,2)29/h6,8-9,12,16-17,29H,4-5,10-11H2,1-3H3,(H,23,24,25)/t12-,16-,17-,21-/m0/s1/i3D3. The van der Waals surface area contributed by atoms with Gasteiger partial charge < -0.3 is 24.5 Å². The molecule has 0 unspecified atom stereocenters. The molecule has 0 amide bonds. The van der Waals surface area contributed by atoms with Gasteiger partial charge in [0.05, 0.1) is 31.1 Å². The minimum atomic E-state index is -2.51. The van der Waals surface area contributed by atoms with E-state index in [1.54, 1.807) is 19.2 Å². The molecule has 0 aromatic carbocycles. The molecule has 4 atom stereocenters. The van der Waals surface area contributed by atoms with E-state index in [4.69, 9.17) is 13.6 Å². The highest BCUT2D eigenvalue weighted by molar-refractivity contribution is 5.79. The van der Waals surface area contributed by atoms with Crippen LogP contribution in [0, 0.1) is 17.2 Å². The lowest BCUT2D eigenvalue weighted by atomic mass is 9.79. The van der Waals surface area contributed by atoms with Crippen LogP contribution < -0.4 is 10.1 Å². The third-order valence-electron chi connectivity index (χ3n) is 6.14. The summed E-state index contributed by atoms with van der Waals surface area (Å²) >= 11 is 0. The van der Waals surface area contributed by atoms with Gasteiger partial charge in [-0.05, 0) is 25.8 Å². The number of hydrogen-bond acceptors (Lipinski definition) is 8. The third kappa shape index (κ3) is 3.40. The van der Waals surface area contributed by atoms with Gasteiger partial charge in [0.2, 0.25) is 5.95 Å². The van der Waals surface area contributed by atoms with Gasteiger partial charge in [-0.15, -0.1) is 5.10 Å². The first-order valence-electron chi connectivity index (χ1n) is 11.7. The fourth-order valence-corrected chi connectivity index (χ4v) is 4.12. The van der Waals surface area contributed by atoms with Crippen LogP contribution in [0.5, 0.6) is 5.88 Å². The van der Waals surface area contributed by atoms with Crippen LogP contribution in [0.1, 0.15) is 42.5 Å². The lowest BCUT2D eigenvalue weighted by Gasteiger charge is -2.41. The molecule has 0 radical (unpaired) electrons. The van der Waals surface area contributed by atoms with Crippen LogP contribution in [-0.2, 0) is 11.7 Å². The maximum absolute atomic E-state index is 10.3. The lowest BCUT2D eigenvalue weighted by molar-refractivity contribution is -0.119. The minimum Gasteiger partial charge on any atom is -0.469 e. The largest absolute Gasteiger partial charge is 0.469 e. The summed E-state index contributed by atoms with van der Waals surface area (Å²) in [7, 11) is 0. The quantitative estimate of drug-likeness (QED) is 0.637. The number of ether oxygens (including phenoxy) is 2. The summed E-state index contributed by atoms with van der Waals surface area (Å²) in [6, 6.07) is 3.93. The number of hydrogen-bond donors (Lipinski definition) is 2. The Balaban J connectivity index is 1.51. The van der Waals surface area contributed by atoms with Gasteiger partial charge >= 0.3 is 0 Å². The smallest absolute Gasteiger partial charge is 0.257 e. The second kappa shape index (κ2) is 7.21. The second-order valence-corrected chi connectivity index (χ2v) is 8.49. The second-order valence-electron chi connectivity index (χ2n) is 8.49. The van der Waals surface area contributed by atoms with Gasteiger partial charge in [-0.3, -0.25) is 4.68 Å². The van der Waals surface area contributed by atoms with Crippen molar-refractivity contribution in [1.29, 1.82) is 5.26 Å². The van der Waals surface area contributed by atoms with Crippen molar-refractivity contribution in [3.8, 4) is 11.9 Å². The molecule has 10 heteroatoms. The fraction of sp³-hybridized carbons (Fsp3) is 0.524. The number of aryl methyl sites for hydroxylation is 1. The number of nitrogens with one attached hydrogen (secondary N) is 1. The van der Waals surface area contributed by atoms with Gasteiger partial charge in [0.15, 0.2) is 0 Å². The summed E-state index contributed by atoms with van der Waals surface area (Å²) in [5, 5.41) is 27.8. The molecule has 3 aromatic heterocycles. The van der Waals surface area contributed by atoms with Gasteiger partial charge in [0.25, 0.3) is 5.88 Å². The Labute approximate surface area is 183 Å². The van der Waals surface area contributed by atoms with Crippen LogP contribution >= 0.6 is 0 Å². The average molecular weight is 426 g/mol. The summed E-state index contributed by atoms with van der Waals surface area (Å²) in [6.07, 6.45) is 3.61. The van der Waals surface area contributed by atoms with Crippen LogP contribution in [0.15, 0.2) is 18.5 Å². The Bertz CT molecular complexity index is 1280. The molecule has 0 bridgehead atoms. The van der Waals surface area contributed by atoms with E-state index in [-0.39, 0.29) is 29.5 Å². The Morgan fingerprint density at radius 1 is 1.48 bits per heavy atom. The number of anilines is 2. The molecular weight excluding hydrogens is 398 g/mol. The maximum atomic E-state index is 10.3. The van der Waals surface area contributed by atoms with Crippen molar-refractivity contribution in [2.24, 2.45) is 12.9 Å². The zero-order chi connectivity index (χ0) is 24.3. The third-order valence-corrected chi connectivity index (χ3v) is 6.14. The number of fused-ring (bicyclic) bond motifs is 1. The molecule has 162 valence electrons. The van der Waals surface area contributed by atoms with Crippen molar-refractivity contribution in [2.75, 3.05) is 18.5 Å².